The Hall–Kier alpha value is -3.22. The molecule has 1 N–H and O–H groups in total. The van der Waals surface area contributed by atoms with Gasteiger partial charge in [-0.1, -0.05) is 24.3 Å². The van der Waals surface area contributed by atoms with E-state index >= 15 is 0 Å². The fourth-order valence-corrected chi connectivity index (χ4v) is 3.93. The Balaban J connectivity index is 1.28. The summed E-state index contributed by atoms with van der Waals surface area (Å²) in [6.07, 6.45) is 1.08. The van der Waals surface area contributed by atoms with Crippen molar-refractivity contribution in [2.75, 3.05) is 13.2 Å². The molecule has 7 nitrogen and oxygen atoms in total. The van der Waals surface area contributed by atoms with Crippen molar-refractivity contribution in [3.63, 3.8) is 0 Å². The van der Waals surface area contributed by atoms with E-state index in [9.17, 15) is 9.59 Å². The first-order valence-corrected chi connectivity index (χ1v) is 10.2. The number of para-hydroxylation sites is 3. The molecule has 0 saturated carbocycles. The summed E-state index contributed by atoms with van der Waals surface area (Å²) in [4.78, 5) is 24.7. The Labute approximate surface area is 175 Å². The van der Waals surface area contributed by atoms with E-state index in [1.807, 2.05) is 42.5 Å². The number of hydrogen-bond acceptors (Lipinski definition) is 4. The average Bonchev–Trinajstić information content (AvgIpc) is 3.17. The van der Waals surface area contributed by atoms with Crippen LogP contribution in [0, 0.1) is 0 Å². The zero-order valence-electron chi connectivity index (χ0n) is 17.6. The number of carbonyl (C=O) groups excluding carboxylic acids is 1. The van der Waals surface area contributed by atoms with Crippen molar-refractivity contribution in [1.82, 2.24) is 14.5 Å². The second-order valence-corrected chi connectivity index (χ2v) is 8.21. The van der Waals surface area contributed by atoms with Gasteiger partial charge < -0.3 is 14.8 Å². The Morgan fingerprint density at radius 3 is 2.73 bits per heavy atom. The highest BCUT2D eigenvalue weighted by atomic mass is 16.5. The maximum Gasteiger partial charge on any atom is 0.328 e. The first-order valence-electron chi connectivity index (χ1n) is 10.2. The lowest BCUT2D eigenvalue weighted by Crippen LogP contribution is -2.30. The fourth-order valence-electron chi connectivity index (χ4n) is 3.93. The molecule has 2 heterocycles. The van der Waals surface area contributed by atoms with Crippen LogP contribution < -0.4 is 20.5 Å². The highest BCUT2D eigenvalue weighted by Gasteiger charge is 2.32. The molecule has 1 aromatic heterocycles. The molecule has 0 atom stereocenters. The van der Waals surface area contributed by atoms with Crippen molar-refractivity contribution in [2.24, 2.45) is 7.05 Å². The quantitative estimate of drug-likeness (QED) is 0.609. The van der Waals surface area contributed by atoms with E-state index in [4.69, 9.17) is 9.47 Å². The Bertz CT molecular complexity index is 1140. The molecule has 3 aromatic rings. The number of hydrogen-bond donors (Lipinski definition) is 1. The van der Waals surface area contributed by atoms with Crippen LogP contribution in [0.5, 0.6) is 11.5 Å². The number of imidazole rings is 1. The number of benzene rings is 2. The van der Waals surface area contributed by atoms with Crippen LogP contribution in [0.3, 0.4) is 0 Å². The third-order valence-electron chi connectivity index (χ3n) is 5.35. The molecule has 0 spiro atoms. The van der Waals surface area contributed by atoms with Gasteiger partial charge in [0.1, 0.15) is 12.2 Å². The maximum absolute atomic E-state index is 12.4. The number of amides is 1. The average molecular weight is 409 g/mol. The normalized spacial score (nSPS) is 14.4. The maximum atomic E-state index is 12.4. The number of carbonyl (C=O) groups is 1. The summed E-state index contributed by atoms with van der Waals surface area (Å²) in [7, 11) is 1.74. The summed E-state index contributed by atoms with van der Waals surface area (Å²) in [6, 6.07) is 13.5. The van der Waals surface area contributed by atoms with E-state index in [0.717, 1.165) is 28.8 Å². The SMILES string of the molecule is Cn1c(=O)n(CCC(=O)NCCOc2cccc3c2OC(C)(C)C3)c2ccccc21. The van der Waals surface area contributed by atoms with Crippen molar-refractivity contribution in [3.8, 4) is 11.5 Å². The van der Waals surface area contributed by atoms with Gasteiger partial charge >= 0.3 is 5.69 Å². The van der Waals surface area contributed by atoms with Crippen LogP contribution in [-0.4, -0.2) is 33.8 Å². The molecule has 30 heavy (non-hydrogen) atoms. The second-order valence-electron chi connectivity index (χ2n) is 8.21. The summed E-state index contributed by atoms with van der Waals surface area (Å²) in [6.45, 7) is 5.18. The number of nitrogens with zero attached hydrogens (tertiary/aromatic N) is 2. The highest BCUT2D eigenvalue weighted by molar-refractivity contribution is 5.77. The first kappa shape index (κ1) is 20.1. The molecule has 7 heteroatoms. The number of ether oxygens (including phenoxy) is 2. The van der Waals surface area contributed by atoms with Gasteiger partial charge in [-0.15, -0.1) is 0 Å². The molecule has 1 amide bonds. The Kier molecular flexibility index (Phi) is 5.28. The van der Waals surface area contributed by atoms with E-state index in [2.05, 4.69) is 19.2 Å². The zero-order chi connectivity index (χ0) is 21.3. The fraction of sp³-hybridized carbons (Fsp3) is 0.391. The number of rotatable bonds is 7. The van der Waals surface area contributed by atoms with E-state index in [0.29, 0.717) is 25.4 Å². The van der Waals surface area contributed by atoms with Crippen LogP contribution in [0.4, 0.5) is 0 Å². The first-order chi connectivity index (χ1) is 14.4. The van der Waals surface area contributed by atoms with Gasteiger partial charge in [-0.2, -0.15) is 0 Å². The third-order valence-corrected chi connectivity index (χ3v) is 5.35. The molecule has 0 saturated heterocycles. The summed E-state index contributed by atoms with van der Waals surface area (Å²) >= 11 is 0. The third kappa shape index (κ3) is 3.92. The van der Waals surface area contributed by atoms with E-state index in [1.54, 1.807) is 16.2 Å². The predicted molar refractivity (Wildman–Crippen MR) is 115 cm³/mol. The molecule has 0 radical (unpaired) electrons. The molecule has 0 aliphatic carbocycles. The highest BCUT2D eigenvalue weighted by Crippen LogP contribution is 2.41. The zero-order valence-corrected chi connectivity index (χ0v) is 17.6. The topological polar surface area (TPSA) is 74.5 Å². The summed E-state index contributed by atoms with van der Waals surface area (Å²) in [5, 5.41) is 2.85. The lowest BCUT2D eigenvalue weighted by molar-refractivity contribution is -0.121. The lowest BCUT2D eigenvalue weighted by Gasteiger charge is -2.18. The molecular weight excluding hydrogens is 382 g/mol. The largest absolute Gasteiger partial charge is 0.488 e. The lowest BCUT2D eigenvalue weighted by atomic mass is 10.0. The summed E-state index contributed by atoms with van der Waals surface area (Å²) < 4.78 is 15.1. The monoisotopic (exact) mass is 409 g/mol. The Morgan fingerprint density at radius 2 is 1.93 bits per heavy atom. The minimum absolute atomic E-state index is 0.117. The van der Waals surface area contributed by atoms with E-state index in [-0.39, 0.29) is 23.6 Å². The van der Waals surface area contributed by atoms with E-state index < -0.39 is 0 Å². The van der Waals surface area contributed by atoms with Gasteiger partial charge in [0.25, 0.3) is 0 Å². The number of aromatic nitrogens is 2. The summed E-state index contributed by atoms with van der Waals surface area (Å²) in [5.74, 6) is 1.38. The van der Waals surface area contributed by atoms with Crippen LogP contribution in [0.1, 0.15) is 25.8 Å². The van der Waals surface area contributed by atoms with Crippen LogP contribution in [-0.2, 0) is 24.8 Å². The van der Waals surface area contributed by atoms with Gasteiger partial charge in [0.2, 0.25) is 5.91 Å². The molecule has 0 bridgehead atoms. The van der Waals surface area contributed by atoms with Gasteiger partial charge in [0.15, 0.2) is 11.5 Å². The van der Waals surface area contributed by atoms with Crippen molar-refractivity contribution in [3.05, 3.63) is 58.5 Å². The standard InChI is InChI=1S/C23H27N3O4/c1-23(2)15-16-7-6-10-19(21(16)30-23)29-14-12-24-20(27)11-13-26-18-9-5-4-8-17(18)25(3)22(26)28/h4-10H,11-15H2,1-3H3,(H,24,27). The molecule has 158 valence electrons. The summed E-state index contributed by atoms with van der Waals surface area (Å²) in [5.41, 5.74) is 2.49. The predicted octanol–water partition coefficient (Wildman–Crippen LogP) is 2.64. The molecule has 4 rings (SSSR count). The van der Waals surface area contributed by atoms with Crippen molar-refractivity contribution < 1.29 is 14.3 Å². The smallest absolute Gasteiger partial charge is 0.328 e. The molecule has 1 aliphatic rings. The van der Waals surface area contributed by atoms with Gasteiger partial charge in [-0.05, 0) is 32.0 Å². The molecule has 1 aliphatic heterocycles. The van der Waals surface area contributed by atoms with Gasteiger partial charge in [0, 0.05) is 32.0 Å². The number of nitrogens with one attached hydrogen (secondary N) is 1. The number of fused-ring (bicyclic) bond motifs is 2. The van der Waals surface area contributed by atoms with Crippen molar-refractivity contribution in [2.45, 2.75) is 38.8 Å². The number of aryl methyl sites for hydroxylation is 2. The minimum atomic E-state index is -0.226. The van der Waals surface area contributed by atoms with E-state index in [1.165, 1.54) is 0 Å². The van der Waals surface area contributed by atoms with Crippen LogP contribution in [0.2, 0.25) is 0 Å². The van der Waals surface area contributed by atoms with Crippen molar-refractivity contribution in [1.29, 1.82) is 0 Å². The van der Waals surface area contributed by atoms with Crippen LogP contribution in [0.25, 0.3) is 11.0 Å². The molecule has 0 unspecified atom stereocenters. The molecular formula is C23H27N3O4. The molecule has 0 fully saturated rings. The Morgan fingerprint density at radius 1 is 1.17 bits per heavy atom. The van der Waals surface area contributed by atoms with Crippen molar-refractivity contribution >= 4 is 16.9 Å². The molecule has 2 aromatic carbocycles. The van der Waals surface area contributed by atoms with Gasteiger partial charge in [-0.3, -0.25) is 13.9 Å². The second kappa shape index (κ2) is 7.89. The minimum Gasteiger partial charge on any atom is -0.488 e. The van der Waals surface area contributed by atoms with Gasteiger partial charge in [0.05, 0.1) is 17.6 Å². The van der Waals surface area contributed by atoms with Crippen LogP contribution >= 0.6 is 0 Å². The van der Waals surface area contributed by atoms with Crippen LogP contribution in [0.15, 0.2) is 47.3 Å². The van der Waals surface area contributed by atoms with Gasteiger partial charge in [-0.25, -0.2) is 4.79 Å².